The van der Waals surface area contributed by atoms with Gasteiger partial charge in [0.1, 0.15) is 18.1 Å². The van der Waals surface area contributed by atoms with Crippen LogP contribution in [0.15, 0.2) is 47.8 Å². The predicted octanol–water partition coefficient (Wildman–Crippen LogP) is -1.23. The lowest BCUT2D eigenvalue weighted by molar-refractivity contribution is -0.142. The van der Waals surface area contributed by atoms with Gasteiger partial charge in [0.2, 0.25) is 17.7 Å². The third-order valence-electron chi connectivity index (χ3n) is 6.05. The largest absolute Gasteiger partial charge is 0.480 e. The Balaban J connectivity index is 2.13. The highest BCUT2D eigenvalue weighted by atomic mass is 16.4. The Bertz CT molecular complexity index is 1130. The van der Waals surface area contributed by atoms with Crippen LogP contribution in [-0.2, 0) is 32.0 Å². The van der Waals surface area contributed by atoms with Crippen LogP contribution < -0.4 is 33.2 Å². The zero-order valence-electron chi connectivity index (χ0n) is 22.7. The molecule has 218 valence electrons. The number of carboxylic acid groups (broad SMARTS) is 1. The lowest BCUT2D eigenvalue weighted by Gasteiger charge is -2.27. The van der Waals surface area contributed by atoms with Crippen molar-refractivity contribution in [3.8, 4) is 0 Å². The van der Waals surface area contributed by atoms with Gasteiger partial charge in [-0.15, -0.1) is 0 Å². The number of guanidine groups is 1. The van der Waals surface area contributed by atoms with E-state index in [0.717, 1.165) is 5.56 Å². The molecule has 14 nitrogen and oxygen atoms in total. The molecule has 40 heavy (non-hydrogen) atoms. The van der Waals surface area contributed by atoms with Gasteiger partial charge < -0.3 is 43.2 Å². The monoisotopic (exact) mass is 557 g/mol. The third-order valence-corrected chi connectivity index (χ3v) is 6.05. The van der Waals surface area contributed by atoms with Gasteiger partial charge in [0, 0.05) is 31.3 Å². The van der Waals surface area contributed by atoms with E-state index in [4.69, 9.17) is 17.2 Å². The Morgan fingerprint density at radius 3 is 2.23 bits per heavy atom. The van der Waals surface area contributed by atoms with Gasteiger partial charge in [-0.05, 0) is 24.3 Å². The third kappa shape index (κ3) is 10.7. The van der Waals surface area contributed by atoms with Crippen molar-refractivity contribution in [2.75, 3.05) is 6.54 Å². The van der Waals surface area contributed by atoms with Crippen LogP contribution in [0, 0.1) is 5.92 Å². The quantitative estimate of drug-likeness (QED) is 0.0698. The first kappa shape index (κ1) is 31.8. The maximum Gasteiger partial charge on any atom is 0.326 e. The molecule has 0 aliphatic heterocycles. The zero-order chi connectivity index (χ0) is 29.7. The Morgan fingerprint density at radius 1 is 0.975 bits per heavy atom. The number of hydrogen-bond acceptors (Lipinski definition) is 7. The molecule has 2 rings (SSSR count). The van der Waals surface area contributed by atoms with E-state index in [0.29, 0.717) is 12.1 Å². The van der Waals surface area contributed by atoms with E-state index in [2.05, 4.69) is 30.9 Å². The molecule has 0 aliphatic carbocycles. The fourth-order valence-corrected chi connectivity index (χ4v) is 3.88. The molecule has 4 atom stereocenters. The lowest BCUT2D eigenvalue weighted by atomic mass is 10.0. The molecule has 2 aromatic rings. The van der Waals surface area contributed by atoms with Crippen LogP contribution in [0.4, 0.5) is 0 Å². The number of amides is 3. The van der Waals surface area contributed by atoms with Gasteiger partial charge in [0.25, 0.3) is 0 Å². The van der Waals surface area contributed by atoms with Crippen molar-refractivity contribution >= 4 is 29.7 Å². The standard InChI is InChI=1S/C26H39N9O5/c1-15(2)21(35-22(36)18(27)12-17-13-30-14-32-17)24(38)33-19(9-6-10-31-26(28)29)23(37)34-20(25(39)40)11-16-7-4-3-5-8-16/h3-5,7-8,13-15,18-21H,6,9-12,27H2,1-2H3,(H,30,32)(H,33,38)(H,34,37)(H,35,36)(H,39,40)(H4,28,29,31). The Kier molecular flexibility index (Phi) is 12.6. The zero-order valence-corrected chi connectivity index (χ0v) is 22.7. The van der Waals surface area contributed by atoms with Crippen LogP contribution in [0.2, 0.25) is 0 Å². The molecule has 0 saturated heterocycles. The maximum atomic E-state index is 13.3. The van der Waals surface area contributed by atoms with E-state index in [1.54, 1.807) is 50.4 Å². The van der Waals surface area contributed by atoms with Gasteiger partial charge in [-0.25, -0.2) is 9.78 Å². The first-order valence-electron chi connectivity index (χ1n) is 12.9. The molecule has 0 spiro atoms. The number of aromatic amines is 1. The molecule has 0 radical (unpaired) electrons. The summed E-state index contributed by atoms with van der Waals surface area (Å²) in [4.78, 5) is 61.8. The number of carbonyl (C=O) groups excluding carboxylic acids is 3. The van der Waals surface area contributed by atoms with Crippen LogP contribution in [-0.4, -0.2) is 75.4 Å². The number of rotatable bonds is 16. The van der Waals surface area contributed by atoms with Gasteiger partial charge in [0.05, 0.1) is 12.4 Å². The SMILES string of the molecule is CC(C)C(NC(=O)C(N)Cc1cnc[nH]1)C(=O)NC(CCCN=C(N)N)C(=O)NC(Cc1ccccc1)C(=O)O. The van der Waals surface area contributed by atoms with Crippen LogP contribution in [0.1, 0.15) is 37.9 Å². The summed E-state index contributed by atoms with van der Waals surface area (Å²) in [6.45, 7) is 3.67. The van der Waals surface area contributed by atoms with Crippen LogP contribution >= 0.6 is 0 Å². The Hall–Kier alpha value is -4.46. The van der Waals surface area contributed by atoms with Gasteiger partial charge in [-0.1, -0.05) is 44.2 Å². The van der Waals surface area contributed by atoms with Gasteiger partial charge in [-0.3, -0.25) is 19.4 Å². The molecule has 0 aliphatic rings. The van der Waals surface area contributed by atoms with E-state index in [9.17, 15) is 24.3 Å². The molecule has 0 saturated carbocycles. The second kappa shape index (κ2) is 15.8. The smallest absolute Gasteiger partial charge is 0.326 e. The second-order valence-electron chi connectivity index (χ2n) is 9.72. The number of imidazole rings is 1. The van der Waals surface area contributed by atoms with E-state index >= 15 is 0 Å². The molecular weight excluding hydrogens is 518 g/mol. The van der Waals surface area contributed by atoms with E-state index < -0.39 is 47.9 Å². The number of nitrogens with two attached hydrogens (primary N) is 3. The molecule has 3 amide bonds. The molecule has 1 heterocycles. The average molecular weight is 558 g/mol. The summed E-state index contributed by atoms with van der Waals surface area (Å²) in [6, 6.07) is 4.55. The molecule has 4 unspecified atom stereocenters. The topological polar surface area (TPSA) is 244 Å². The molecule has 0 fully saturated rings. The Labute approximate surface area is 232 Å². The number of benzene rings is 1. The molecule has 0 bridgehead atoms. The van der Waals surface area contributed by atoms with Crippen LogP contribution in [0.5, 0.6) is 0 Å². The van der Waals surface area contributed by atoms with Gasteiger partial charge in [0.15, 0.2) is 5.96 Å². The minimum Gasteiger partial charge on any atom is -0.480 e. The van der Waals surface area contributed by atoms with Crippen molar-refractivity contribution in [1.82, 2.24) is 25.9 Å². The summed E-state index contributed by atoms with van der Waals surface area (Å²) in [7, 11) is 0. The van der Waals surface area contributed by atoms with Crippen molar-refractivity contribution in [2.24, 2.45) is 28.1 Å². The summed E-state index contributed by atoms with van der Waals surface area (Å²) < 4.78 is 0. The molecule has 11 N–H and O–H groups in total. The molecule has 14 heteroatoms. The van der Waals surface area contributed by atoms with Crippen LogP contribution in [0.3, 0.4) is 0 Å². The van der Waals surface area contributed by atoms with E-state index in [1.165, 1.54) is 6.33 Å². The summed E-state index contributed by atoms with van der Waals surface area (Å²) in [5.41, 5.74) is 18.1. The number of carbonyl (C=O) groups is 4. The molecule has 1 aromatic heterocycles. The van der Waals surface area contributed by atoms with Crippen LogP contribution in [0.25, 0.3) is 0 Å². The number of nitrogens with zero attached hydrogens (tertiary/aromatic N) is 2. The van der Waals surface area contributed by atoms with E-state index in [-0.39, 0.29) is 37.7 Å². The van der Waals surface area contributed by atoms with E-state index in [1.807, 2.05) is 0 Å². The number of nitrogens with one attached hydrogen (secondary N) is 4. The number of carboxylic acids is 1. The first-order chi connectivity index (χ1) is 19.0. The van der Waals surface area contributed by atoms with Gasteiger partial charge >= 0.3 is 5.97 Å². The number of aliphatic carboxylic acids is 1. The average Bonchev–Trinajstić information content (AvgIpc) is 3.41. The van der Waals surface area contributed by atoms with Crippen molar-refractivity contribution in [3.63, 3.8) is 0 Å². The summed E-state index contributed by atoms with van der Waals surface area (Å²) >= 11 is 0. The first-order valence-corrected chi connectivity index (χ1v) is 12.9. The normalized spacial score (nSPS) is 13.9. The Morgan fingerprint density at radius 2 is 1.65 bits per heavy atom. The van der Waals surface area contributed by atoms with Crippen molar-refractivity contribution in [2.45, 2.75) is 63.7 Å². The number of H-pyrrole nitrogens is 1. The van der Waals surface area contributed by atoms with Gasteiger partial charge in [-0.2, -0.15) is 0 Å². The van der Waals surface area contributed by atoms with Crippen molar-refractivity contribution in [3.05, 3.63) is 54.1 Å². The highest BCUT2D eigenvalue weighted by Gasteiger charge is 2.31. The number of hydrogen-bond donors (Lipinski definition) is 8. The fourth-order valence-electron chi connectivity index (χ4n) is 3.88. The fraction of sp³-hybridized carbons (Fsp3) is 0.462. The summed E-state index contributed by atoms with van der Waals surface area (Å²) in [6.07, 6.45) is 3.69. The predicted molar refractivity (Wildman–Crippen MR) is 149 cm³/mol. The summed E-state index contributed by atoms with van der Waals surface area (Å²) in [5.74, 6) is -3.54. The molecular formula is C26H39N9O5. The molecule has 1 aromatic carbocycles. The number of aromatic nitrogens is 2. The highest BCUT2D eigenvalue weighted by Crippen LogP contribution is 2.08. The lowest BCUT2D eigenvalue weighted by Crippen LogP contribution is -2.58. The minimum atomic E-state index is -1.23. The number of aliphatic imine (C=N–C) groups is 1. The highest BCUT2D eigenvalue weighted by molar-refractivity contribution is 5.94. The van der Waals surface area contributed by atoms with Crippen molar-refractivity contribution < 1.29 is 24.3 Å². The maximum absolute atomic E-state index is 13.3. The van der Waals surface area contributed by atoms with Crippen molar-refractivity contribution in [1.29, 1.82) is 0 Å². The summed E-state index contributed by atoms with van der Waals surface area (Å²) in [5, 5.41) is 17.5. The second-order valence-corrected chi connectivity index (χ2v) is 9.72. The minimum absolute atomic E-state index is 0.0511.